The van der Waals surface area contributed by atoms with Gasteiger partial charge in [-0.15, -0.1) is 0 Å². The van der Waals surface area contributed by atoms with Gasteiger partial charge in [-0.25, -0.2) is 4.79 Å². The van der Waals surface area contributed by atoms with Crippen molar-refractivity contribution in [1.29, 1.82) is 0 Å². The quantitative estimate of drug-likeness (QED) is 0.817. The molecule has 1 spiro atoms. The van der Waals surface area contributed by atoms with Crippen LogP contribution >= 0.6 is 23.2 Å². The van der Waals surface area contributed by atoms with Crippen LogP contribution < -0.4 is 10.2 Å². The average Bonchev–Trinajstić information content (AvgIpc) is 3.01. The summed E-state index contributed by atoms with van der Waals surface area (Å²) in [4.78, 5) is 38.3. The summed E-state index contributed by atoms with van der Waals surface area (Å²) in [5.74, 6) is -1.41. The van der Waals surface area contributed by atoms with E-state index in [9.17, 15) is 14.4 Å². The maximum absolute atomic E-state index is 13.0. The van der Waals surface area contributed by atoms with Crippen LogP contribution in [0.5, 0.6) is 0 Å². The number of nitrogens with zero attached hydrogens (tertiary/aromatic N) is 1. The number of para-hydroxylation sites is 1. The lowest BCUT2D eigenvalue weighted by atomic mass is 9.95. The van der Waals surface area contributed by atoms with Gasteiger partial charge >= 0.3 is 6.09 Å². The van der Waals surface area contributed by atoms with Crippen molar-refractivity contribution in [2.45, 2.75) is 12.1 Å². The van der Waals surface area contributed by atoms with E-state index >= 15 is 0 Å². The van der Waals surface area contributed by atoms with E-state index in [0.29, 0.717) is 21.3 Å². The Morgan fingerprint density at radius 3 is 2.48 bits per heavy atom. The number of anilines is 1. The normalized spacial score (nSPS) is 21.5. The number of carbonyl (C=O) groups excluding carboxylic acids is 3. The molecule has 1 fully saturated rings. The second kappa shape index (κ2) is 5.47. The number of nitrogens with one attached hydrogen (secondary N) is 1. The third-order valence-electron chi connectivity index (χ3n) is 4.23. The molecule has 1 saturated heterocycles. The summed E-state index contributed by atoms with van der Waals surface area (Å²) in [6, 6.07) is 11.7. The van der Waals surface area contributed by atoms with Gasteiger partial charge in [-0.2, -0.15) is 0 Å². The molecule has 1 atom stereocenters. The first-order valence-electron chi connectivity index (χ1n) is 7.33. The minimum atomic E-state index is -1.97. The van der Waals surface area contributed by atoms with E-state index in [0.717, 1.165) is 5.56 Å². The number of alkyl carbamates (subject to hydrolysis) is 1. The van der Waals surface area contributed by atoms with Crippen molar-refractivity contribution in [3.05, 3.63) is 63.6 Å². The zero-order valence-corrected chi connectivity index (χ0v) is 14.1. The molecule has 2 aliphatic rings. The first-order chi connectivity index (χ1) is 11.9. The number of carbonyl (C=O) groups is 3. The Labute approximate surface area is 152 Å². The topological polar surface area (TPSA) is 75.7 Å². The van der Waals surface area contributed by atoms with Crippen LogP contribution in [0, 0.1) is 0 Å². The highest BCUT2D eigenvalue weighted by molar-refractivity contribution is 6.42. The van der Waals surface area contributed by atoms with Gasteiger partial charge < -0.3 is 9.64 Å². The molecule has 2 aromatic rings. The predicted molar refractivity (Wildman–Crippen MR) is 90.4 cm³/mol. The van der Waals surface area contributed by atoms with Gasteiger partial charge in [0.2, 0.25) is 0 Å². The summed E-state index contributed by atoms with van der Waals surface area (Å²) in [7, 11) is 0. The number of hydrogen-bond donors (Lipinski definition) is 1. The minimum absolute atomic E-state index is 0.152. The van der Waals surface area contributed by atoms with Gasteiger partial charge in [-0.05, 0) is 23.8 Å². The molecule has 4 rings (SSSR count). The van der Waals surface area contributed by atoms with Gasteiger partial charge in [-0.3, -0.25) is 14.9 Å². The number of halogens is 2. The van der Waals surface area contributed by atoms with Crippen LogP contribution in [0.3, 0.4) is 0 Å². The molecular weight excluding hydrogens is 367 g/mol. The second-order valence-electron chi connectivity index (χ2n) is 5.68. The Hall–Kier alpha value is -2.57. The molecule has 8 heteroatoms. The van der Waals surface area contributed by atoms with Crippen molar-refractivity contribution >= 4 is 46.8 Å². The lowest BCUT2D eigenvalue weighted by Crippen LogP contribution is -2.46. The van der Waals surface area contributed by atoms with Crippen LogP contribution in [-0.4, -0.2) is 17.9 Å². The molecule has 0 aromatic heterocycles. The zero-order valence-electron chi connectivity index (χ0n) is 12.6. The number of fused-ring (bicyclic) bond motifs is 2. The highest BCUT2D eigenvalue weighted by Gasteiger charge is 2.63. The van der Waals surface area contributed by atoms with E-state index < -0.39 is 23.5 Å². The fourth-order valence-electron chi connectivity index (χ4n) is 3.11. The van der Waals surface area contributed by atoms with E-state index in [2.05, 4.69) is 0 Å². The highest BCUT2D eigenvalue weighted by Crippen LogP contribution is 2.45. The van der Waals surface area contributed by atoms with Gasteiger partial charge in [0.05, 0.1) is 22.3 Å². The number of imide groups is 1. The van der Waals surface area contributed by atoms with Gasteiger partial charge in [0.15, 0.2) is 0 Å². The predicted octanol–water partition coefficient (Wildman–Crippen LogP) is 3.00. The average molecular weight is 377 g/mol. The SMILES string of the molecule is O=C1NC(=O)C2(O1)C(=O)N(Cc1ccc(Cl)c(Cl)c1)c1ccccc12. The van der Waals surface area contributed by atoms with Gasteiger partial charge in [0.25, 0.3) is 17.4 Å². The first-order valence-corrected chi connectivity index (χ1v) is 8.09. The maximum atomic E-state index is 13.0. The lowest BCUT2D eigenvalue weighted by molar-refractivity contribution is -0.145. The summed E-state index contributed by atoms with van der Waals surface area (Å²) >= 11 is 11.9. The third kappa shape index (κ3) is 2.22. The third-order valence-corrected chi connectivity index (χ3v) is 4.97. The van der Waals surface area contributed by atoms with Gasteiger partial charge in [0.1, 0.15) is 0 Å². The monoisotopic (exact) mass is 376 g/mol. The molecule has 3 amide bonds. The summed E-state index contributed by atoms with van der Waals surface area (Å²) in [6.07, 6.45) is -0.940. The van der Waals surface area contributed by atoms with E-state index in [1.54, 1.807) is 42.5 Å². The summed E-state index contributed by atoms with van der Waals surface area (Å²) in [5, 5.41) is 2.80. The van der Waals surface area contributed by atoms with Crippen LogP contribution in [0.2, 0.25) is 10.0 Å². The van der Waals surface area contributed by atoms with E-state index in [1.807, 2.05) is 5.32 Å². The lowest BCUT2D eigenvalue weighted by Gasteiger charge is -2.20. The summed E-state index contributed by atoms with van der Waals surface area (Å²) in [5.41, 5.74) is -0.407. The molecule has 1 N–H and O–H groups in total. The molecule has 6 nitrogen and oxygen atoms in total. The van der Waals surface area contributed by atoms with Gasteiger partial charge in [0, 0.05) is 5.56 Å². The first kappa shape index (κ1) is 15.9. The molecule has 2 aromatic carbocycles. The van der Waals surface area contributed by atoms with Crippen molar-refractivity contribution in [3.63, 3.8) is 0 Å². The number of rotatable bonds is 2. The summed E-state index contributed by atoms with van der Waals surface area (Å²) < 4.78 is 5.13. The van der Waals surface area contributed by atoms with E-state index in [-0.39, 0.29) is 6.54 Å². The van der Waals surface area contributed by atoms with Gasteiger partial charge in [-0.1, -0.05) is 47.5 Å². The molecular formula is C17H10Cl2N2O4. The number of benzene rings is 2. The fraction of sp³-hybridized carbons (Fsp3) is 0.118. The molecule has 126 valence electrons. The molecule has 0 saturated carbocycles. The van der Waals surface area contributed by atoms with Crippen LogP contribution in [-0.2, 0) is 26.5 Å². The molecule has 0 bridgehead atoms. The Morgan fingerprint density at radius 2 is 1.80 bits per heavy atom. The largest absolute Gasteiger partial charge is 0.417 e. The van der Waals surface area contributed by atoms with Crippen molar-refractivity contribution in [2.75, 3.05) is 4.90 Å². The van der Waals surface area contributed by atoms with Crippen molar-refractivity contribution < 1.29 is 19.1 Å². The minimum Gasteiger partial charge on any atom is -0.417 e. The van der Waals surface area contributed by atoms with Crippen molar-refractivity contribution in [3.8, 4) is 0 Å². The molecule has 2 heterocycles. The Bertz CT molecular complexity index is 946. The number of hydrogen-bond acceptors (Lipinski definition) is 4. The highest BCUT2D eigenvalue weighted by atomic mass is 35.5. The van der Waals surface area contributed by atoms with E-state index in [4.69, 9.17) is 27.9 Å². The van der Waals surface area contributed by atoms with E-state index in [1.165, 1.54) is 4.90 Å². The molecule has 1 unspecified atom stereocenters. The van der Waals surface area contributed by atoms with Crippen LogP contribution in [0.15, 0.2) is 42.5 Å². The fourth-order valence-corrected chi connectivity index (χ4v) is 3.43. The smallest absolute Gasteiger partial charge is 0.415 e. The molecule has 25 heavy (non-hydrogen) atoms. The zero-order chi connectivity index (χ0) is 17.8. The van der Waals surface area contributed by atoms with Crippen LogP contribution in [0.4, 0.5) is 10.5 Å². The van der Waals surface area contributed by atoms with Crippen molar-refractivity contribution in [2.24, 2.45) is 0 Å². The maximum Gasteiger partial charge on any atom is 0.415 e. The number of amides is 3. The Kier molecular flexibility index (Phi) is 3.49. The second-order valence-corrected chi connectivity index (χ2v) is 6.50. The standard InChI is InChI=1S/C17H10Cl2N2O4/c18-11-6-5-9(7-12(11)19)8-21-13-4-2-1-3-10(13)17(15(21)23)14(22)20-16(24)25-17/h1-7H,8H2,(H,20,22,24). The molecule has 0 radical (unpaired) electrons. The Morgan fingerprint density at radius 1 is 1.04 bits per heavy atom. The van der Waals surface area contributed by atoms with Crippen LogP contribution in [0.25, 0.3) is 0 Å². The number of ether oxygens (including phenoxy) is 1. The van der Waals surface area contributed by atoms with Crippen molar-refractivity contribution in [1.82, 2.24) is 5.32 Å². The molecule has 0 aliphatic carbocycles. The Balaban J connectivity index is 1.79. The summed E-state index contributed by atoms with van der Waals surface area (Å²) in [6.45, 7) is 0.152. The van der Waals surface area contributed by atoms with Crippen LogP contribution in [0.1, 0.15) is 11.1 Å². The molecule has 2 aliphatic heterocycles.